The predicted molar refractivity (Wildman–Crippen MR) is 247 cm³/mol. The number of fused-ring (bicyclic) bond motifs is 2. The van der Waals surface area contributed by atoms with Gasteiger partial charge in [-0.2, -0.15) is 0 Å². The number of aromatic hydroxyl groups is 1. The van der Waals surface area contributed by atoms with E-state index in [1.165, 1.54) is 88.2 Å². The maximum absolute atomic E-state index is 11.2. The third-order valence-electron chi connectivity index (χ3n) is 16.9. The summed E-state index contributed by atoms with van der Waals surface area (Å²) in [6, 6.07) is 29.4. The zero-order valence-corrected chi connectivity index (χ0v) is 36.2. The van der Waals surface area contributed by atoms with Crippen molar-refractivity contribution < 1.29 is 19.3 Å². The Morgan fingerprint density at radius 1 is 0.667 bits per heavy atom. The van der Waals surface area contributed by atoms with Crippen molar-refractivity contribution in [1.29, 1.82) is 0 Å². The summed E-state index contributed by atoms with van der Waals surface area (Å²) in [5.41, 5.74) is 8.35. The Kier molecular flexibility index (Phi) is 8.61. The molecule has 8 bridgehead atoms. The molecular formula is C55H56N4O4. The van der Waals surface area contributed by atoms with Gasteiger partial charge >= 0.3 is 0 Å². The van der Waals surface area contributed by atoms with Gasteiger partial charge in [0.25, 0.3) is 0 Å². The quantitative estimate of drug-likeness (QED) is 0.138. The van der Waals surface area contributed by atoms with Crippen molar-refractivity contribution in [2.24, 2.45) is 45.5 Å². The van der Waals surface area contributed by atoms with Gasteiger partial charge in [-0.3, -0.25) is 0 Å². The highest BCUT2D eigenvalue weighted by molar-refractivity contribution is 6.22. The molecule has 0 spiro atoms. The number of nitrogens with one attached hydrogen (secondary N) is 1. The number of hydrogen-bond acceptors (Lipinski definition) is 7. The molecule has 1 aromatic heterocycles. The molecule has 8 saturated carbocycles. The van der Waals surface area contributed by atoms with Crippen LogP contribution in [0, 0.1) is 35.5 Å². The monoisotopic (exact) mass is 836 g/mol. The largest absolute Gasteiger partial charge is 0.508 e. The number of allylic oxidation sites excluding steroid dienone is 1. The fourth-order valence-electron chi connectivity index (χ4n) is 14.9. The number of phenols is 1. The van der Waals surface area contributed by atoms with E-state index in [2.05, 4.69) is 65.6 Å². The predicted octanol–water partition coefficient (Wildman–Crippen LogP) is 11.6. The lowest BCUT2D eigenvalue weighted by Gasteiger charge is -2.57. The Hall–Kier alpha value is -5.47. The van der Waals surface area contributed by atoms with Crippen molar-refractivity contribution >= 4 is 22.6 Å². The van der Waals surface area contributed by atoms with Crippen LogP contribution in [0.1, 0.15) is 99.3 Å². The van der Waals surface area contributed by atoms with Gasteiger partial charge in [0.15, 0.2) is 5.84 Å². The van der Waals surface area contributed by atoms with Crippen molar-refractivity contribution in [2.45, 2.75) is 100 Å². The van der Waals surface area contributed by atoms with Crippen LogP contribution < -0.4 is 9.47 Å². The van der Waals surface area contributed by atoms with Gasteiger partial charge in [-0.05, 0) is 196 Å². The minimum atomic E-state index is -0.851. The molecule has 1 atom stereocenters. The minimum Gasteiger partial charge on any atom is -0.508 e. The van der Waals surface area contributed by atoms with Crippen LogP contribution in [-0.2, 0) is 22.2 Å². The van der Waals surface area contributed by atoms with Crippen molar-refractivity contribution in [3.8, 4) is 28.6 Å². The Bertz CT molecular complexity index is 2710. The van der Waals surface area contributed by atoms with Crippen LogP contribution >= 0.6 is 0 Å². The van der Waals surface area contributed by atoms with Crippen LogP contribution in [0.5, 0.6) is 17.2 Å². The fourth-order valence-corrected chi connectivity index (χ4v) is 14.9. The van der Waals surface area contributed by atoms with E-state index in [4.69, 9.17) is 29.2 Å². The molecule has 8 fully saturated rings. The molecule has 320 valence electrons. The number of aromatic amines is 1. The Morgan fingerprint density at radius 3 is 2.00 bits per heavy atom. The van der Waals surface area contributed by atoms with E-state index in [9.17, 15) is 5.11 Å². The number of methoxy groups -OCH3 is 1. The van der Waals surface area contributed by atoms with Crippen molar-refractivity contribution in [2.75, 3.05) is 13.7 Å². The number of para-hydroxylation sites is 1. The number of benzene rings is 4. The number of aliphatic imine (C=N–C) groups is 2. The van der Waals surface area contributed by atoms with Gasteiger partial charge in [-0.25, -0.2) is 15.0 Å². The van der Waals surface area contributed by atoms with Crippen LogP contribution in [-0.4, -0.2) is 45.9 Å². The molecule has 8 heteroatoms. The summed E-state index contributed by atoms with van der Waals surface area (Å²) in [5, 5.41) is 11.2. The summed E-state index contributed by atoms with van der Waals surface area (Å²) in [6.07, 6.45) is 21.7. The number of imidazole rings is 1. The van der Waals surface area contributed by atoms with E-state index in [1.807, 2.05) is 42.5 Å². The minimum absolute atomic E-state index is 0.0762. The normalized spacial score (nSPS) is 33.1. The molecule has 9 aliphatic carbocycles. The second-order valence-corrected chi connectivity index (χ2v) is 21.1. The van der Waals surface area contributed by atoms with Gasteiger partial charge in [0, 0.05) is 29.4 Å². The Labute approximate surface area is 369 Å². The number of hydrogen-bond donors (Lipinski definition) is 2. The number of ether oxygens (including phenoxy) is 3. The first-order valence-corrected chi connectivity index (χ1v) is 23.7. The number of amidine groups is 1. The van der Waals surface area contributed by atoms with Gasteiger partial charge in [0.2, 0.25) is 0 Å². The molecule has 15 rings (SSSR count). The molecule has 2 N–H and O–H groups in total. The van der Waals surface area contributed by atoms with E-state index in [-0.39, 0.29) is 17.4 Å². The third kappa shape index (κ3) is 6.44. The summed E-state index contributed by atoms with van der Waals surface area (Å²) in [6.45, 7) is 0.796. The van der Waals surface area contributed by atoms with Crippen LogP contribution in [0.25, 0.3) is 22.4 Å². The molecule has 63 heavy (non-hydrogen) atoms. The number of phenolic OH excluding ortho intramolecular Hbond substituents is 1. The van der Waals surface area contributed by atoms with Gasteiger partial charge in [0.05, 0.1) is 16.9 Å². The zero-order chi connectivity index (χ0) is 41.9. The molecule has 2 heterocycles. The van der Waals surface area contributed by atoms with Crippen LogP contribution in [0.3, 0.4) is 0 Å². The number of H-pyrrole nitrogens is 1. The average molecular weight is 837 g/mol. The first kappa shape index (κ1) is 38.0. The highest BCUT2D eigenvalue weighted by Crippen LogP contribution is 2.63. The maximum Gasteiger partial charge on any atom is 0.160 e. The highest BCUT2D eigenvalue weighted by atomic mass is 16.5. The number of rotatable bonds is 11. The van der Waals surface area contributed by atoms with E-state index < -0.39 is 5.60 Å². The van der Waals surface area contributed by atoms with Crippen molar-refractivity contribution in [3.63, 3.8) is 0 Å². The van der Waals surface area contributed by atoms with Crippen LogP contribution in [0.2, 0.25) is 0 Å². The fraction of sp³-hybridized carbons (Fsp3) is 0.436. The van der Waals surface area contributed by atoms with Crippen LogP contribution in [0.15, 0.2) is 119 Å². The van der Waals surface area contributed by atoms with Gasteiger partial charge in [-0.15, -0.1) is 0 Å². The third-order valence-corrected chi connectivity index (χ3v) is 16.9. The molecule has 8 nitrogen and oxygen atoms in total. The lowest BCUT2D eigenvalue weighted by molar-refractivity contribution is -0.00651. The molecule has 4 aromatic carbocycles. The molecule has 0 saturated heterocycles. The molecular weight excluding hydrogens is 781 g/mol. The molecule has 0 amide bonds. The van der Waals surface area contributed by atoms with E-state index >= 15 is 0 Å². The molecule has 1 unspecified atom stereocenters. The lowest BCUT2D eigenvalue weighted by Crippen LogP contribution is -2.48. The Balaban J connectivity index is 0.771. The van der Waals surface area contributed by atoms with Crippen molar-refractivity contribution in [1.82, 2.24) is 9.97 Å². The van der Waals surface area contributed by atoms with Gasteiger partial charge in [0.1, 0.15) is 47.4 Å². The standard InChI is InChI=1S/C55H56N4O4/c1-61-55(15-14-44-46(30-55)58-51(56-44)40-10-12-47(60)42(22-40)53-24-34-16-35(25-53)18-36(17-34)26-53)32-63-49-9-5-8-45-50(49)59-52(57-45)41-11-13-48(62-31-33-6-3-2-4-7-33)43(23-41)54-27-37-19-38(28-54)21-39(20-37)29-54/h2-15,22-23,30,34-39,60H,16-21,24-29,31-32H2,1H3,(H,57,59). The molecule has 0 radical (unpaired) electrons. The summed E-state index contributed by atoms with van der Waals surface area (Å²) < 4.78 is 19.5. The van der Waals surface area contributed by atoms with Crippen molar-refractivity contribution in [3.05, 3.63) is 131 Å². The molecule has 1 aliphatic heterocycles. The SMILES string of the molecule is COC1(COc2cccc3[nH]c(-c4ccc(OCc5ccccc5)c(C56CC7CC(CC(C7)C5)C6)c4)nc23)C=CC2=NC(c3ccc(O)c(C45CC6CC(CC(C6)C4)C5)c3)=NC2=C1. The van der Waals surface area contributed by atoms with E-state index in [1.54, 1.807) is 7.11 Å². The smallest absolute Gasteiger partial charge is 0.160 e. The Morgan fingerprint density at radius 2 is 1.32 bits per heavy atom. The summed E-state index contributed by atoms with van der Waals surface area (Å²) in [5.74, 6) is 8.48. The first-order valence-electron chi connectivity index (χ1n) is 23.7. The lowest BCUT2D eigenvalue weighted by atomic mass is 9.48. The van der Waals surface area contributed by atoms with E-state index in [0.717, 1.165) is 86.2 Å². The maximum atomic E-state index is 11.2. The second kappa shape index (κ2) is 14.3. The van der Waals surface area contributed by atoms with E-state index in [0.29, 0.717) is 23.9 Å². The second-order valence-electron chi connectivity index (χ2n) is 21.1. The number of nitrogens with zero attached hydrogens (tertiary/aromatic N) is 3. The van der Waals surface area contributed by atoms with Gasteiger partial charge in [-0.1, -0.05) is 36.4 Å². The summed E-state index contributed by atoms with van der Waals surface area (Å²) in [4.78, 5) is 18.9. The summed E-state index contributed by atoms with van der Waals surface area (Å²) in [7, 11) is 1.71. The first-order chi connectivity index (χ1) is 30.8. The molecule has 5 aromatic rings. The number of aromatic nitrogens is 2. The highest BCUT2D eigenvalue weighted by Gasteiger charge is 2.54. The van der Waals surface area contributed by atoms with Gasteiger partial charge < -0.3 is 24.3 Å². The topological polar surface area (TPSA) is 101 Å². The summed E-state index contributed by atoms with van der Waals surface area (Å²) >= 11 is 0. The average Bonchev–Trinajstić information content (AvgIpc) is 3.92. The zero-order valence-electron chi connectivity index (χ0n) is 36.2. The van der Waals surface area contributed by atoms with Crippen LogP contribution in [0.4, 0.5) is 0 Å². The molecule has 10 aliphatic rings.